The van der Waals surface area contributed by atoms with Crippen LogP contribution in [0.5, 0.6) is 5.75 Å². The van der Waals surface area contributed by atoms with Crippen molar-refractivity contribution in [1.29, 1.82) is 0 Å². The van der Waals surface area contributed by atoms with Gasteiger partial charge in [0.05, 0.1) is 6.26 Å². The van der Waals surface area contributed by atoms with Gasteiger partial charge in [0.2, 0.25) is 0 Å². The molecular formula is C20H19N5O2. The van der Waals surface area contributed by atoms with Gasteiger partial charge in [-0.25, -0.2) is 9.97 Å². The first-order valence-corrected chi connectivity index (χ1v) is 8.56. The van der Waals surface area contributed by atoms with E-state index >= 15 is 0 Å². The second-order valence-electron chi connectivity index (χ2n) is 6.18. The van der Waals surface area contributed by atoms with Crippen LogP contribution in [0, 0.1) is 13.8 Å². The summed E-state index contributed by atoms with van der Waals surface area (Å²) < 4.78 is 11.1. The Morgan fingerprint density at radius 1 is 1.04 bits per heavy atom. The molecule has 0 atom stereocenters. The topological polar surface area (TPSA) is 88.9 Å². The molecule has 0 spiro atoms. The zero-order valence-corrected chi connectivity index (χ0v) is 15.1. The zero-order valence-electron chi connectivity index (χ0n) is 15.1. The predicted molar refractivity (Wildman–Crippen MR) is 102 cm³/mol. The smallest absolute Gasteiger partial charge is 0.168 e. The molecule has 0 radical (unpaired) electrons. The lowest BCUT2D eigenvalue weighted by Crippen LogP contribution is -2.05. The Labute approximate surface area is 156 Å². The molecule has 0 aliphatic carbocycles. The van der Waals surface area contributed by atoms with Gasteiger partial charge >= 0.3 is 0 Å². The van der Waals surface area contributed by atoms with Gasteiger partial charge in [-0.2, -0.15) is 5.10 Å². The number of aromatic amines is 1. The van der Waals surface area contributed by atoms with Gasteiger partial charge in [0.25, 0.3) is 0 Å². The highest BCUT2D eigenvalue weighted by atomic mass is 16.5. The van der Waals surface area contributed by atoms with Crippen molar-refractivity contribution in [3.63, 3.8) is 0 Å². The van der Waals surface area contributed by atoms with Crippen molar-refractivity contribution in [3.05, 3.63) is 71.9 Å². The number of aromatic nitrogens is 4. The Hall–Kier alpha value is -3.61. The quantitative estimate of drug-likeness (QED) is 0.529. The van der Waals surface area contributed by atoms with E-state index in [9.17, 15) is 0 Å². The molecule has 3 heterocycles. The molecule has 0 aliphatic rings. The van der Waals surface area contributed by atoms with Crippen LogP contribution in [0.3, 0.4) is 0 Å². The normalized spacial score (nSPS) is 10.7. The van der Waals surface area contributed by atoms with Crippen LogP contribution < -0.4 is 10.1 Å². The van der Waals surface area contributed by atoms with Crippen LogP contribution in [0.2, 0.25) is 0 Å². The van der Waals surface area contributed by atoms with Crippen LogP contribution >= 0.6 is 0 Å². The minimum Gasteiger partial charge on any atom is -0.486 e. The van der Waals surface area contributed by atoms with Gasteiger partial charge in [0, 0.05) is 17.8 Å². The van der Waals surface area contributed by atoms with Gasteiger partial charge in [0.15, 0.2) is 17.4 Å². The summed E-state index contributed by atoms with van der Waals surface area (Å²) in [7, 11) is 0. The molecule has 0 fully saturated rings. The second-order valence-corrected chi connectivity index (χ2v) is 6.18. The van der Waals surface area contributed by atoms with E-state index in [0.29, 0.717) is 17.5 Å². The highest BCUT2D eigenvalue weighted by Crippen LogP contribution is 2.22. The standard InChI is InChI=1S/C20H19N5O2/c1-13-5-7-15(8-6-13)27-12-20-21-14(2)10-18(23-20)22-19-11-16(24-25-19)17-4-3-9-26-17/h3-11H,12H2,1-2H3,(H2,21,22,23,24,25). The van der Waals surface area contributed by atoms with Gasteiger partial charge in [-0.3, -0.25) is 5.10 Å². The van der Waals surface area contributed by atoms with Crippen molar-refractivity contribution in [3.8, 4) is 17.2 Å². The molecule has 7 nitrogen and oxygen atoms in total. The average molecular weight is 361 g/mol. The largest absolute Gasteiger partial charge is 0.486 e. The molecule has 0 saturated heterocycles. The summed E-state index contributed by atoms with van der Waals surface area (Å²) in [4.78, 5) is 8.94. The maximum Gasteiger partial charge on any atom is 0.168 e. The highest BCUT2D eigenvalue weighted by Gasteiger charge is 2.08. The molecule has 0 saturated carbocycles. The van der Waals surface area contributed by atoms with E-state index in [2.05, 4.69) is 25.5 Å². The number of H-pyrrole nitrogens is 1. The molecule has 136 valence electrons. The lowest BCUT2D eigenvalue weighted by molar-refractivity contribution is 0.295. The number of benzene rings is 1. The molecule has 3 aromatic heterocycles. The summed E-state index contributed by atoms with van der Waals surface area (Å²) in [6, 6.07) is 15.3. The Kier molecular flexibility index (Phi) is 4.57. The monoisotopic (exact) mass is 361 g/mol. The minimum absolute atomic E-state index is 0.289. The maximum atomic E-state index is 5.77. The molecule has 0 aliphatic heterocycles. The molecular weight excluding hydrogens is 342 g/mol. The summed E-state index contributed by atoms with van der Waals surface area (Å²) in [5.41, 5.74) is 2.82. The molecule has 2 N–H and O–H groups in total. The first-order valence-electron chi connectivity index (χ1n) is 8.56. The van der Waals surface area contributed by atoms with E-state index in [1.165, 1.54) is 5.56 Å². The molecule has 27 heavy (non-hydrogen) atoms. The molecule has 1 aromatic carbocycles. The second kappa shape index (κ2) is 7.33. The number of anilines is 2. The van der Waals surface area contributed by atoms with Gasteiger partial charge in [-0.1, -0.05) is 17.7 Å². The fraction of sp³-hybridized carbons (Fsp3) is 0.150. The Bertz CT molecular complexity index is 1020. The summed E-state index contributed by atoms with van der Waals surface area (Å²) >= 11 is 0. The van der Waals surface area contributed by atoms with Gasteiger partial charge in [0.1, 0.15) is 23.9 Å². The molecule has 7 heteroatoms. The zero-order chi connectivity index (χ0) is 18.6. The van der Waals surface area contributed by atoms with E-state index < -0.39 is 0 Å². The van der Waals surface area contributed by atoms with Crippen LogP contribution in [0.15, 0.2) is 59.2 Å². The number of nitrogens with zero attached hydrogens (tertiary/aromatic N) is 3. The lowest BCUT2D eigenvalue weighted by atomic mass is 10.2. The number of nitrogens with one attached hydrogen (secondary N) is 2. The molecule has 0 unspecified atom stereocenters. The third kappa shape index (κ3) is 4.14. The highest BCUT2D eigenvalue weighted by molar-refractivity contribution is 5.61. The van der Waals surface area contributed by atoms with Crippen molar-refractivity contribution in [1.82, 2.24) is 20.2 Å². The minimum atomic E-state index is 0.289. The van der Waals surface area contributed by atoms with E-state index in [1.54, 1.807) is 6.26 Å². The number of ether oxygens (including phenoxy) is 1. The Morgan fingerprint density at radius 3 is 2.67 bits per heavy atom. The van der Waals surface area contributed by atoms with E-state index in [1.807, 2.05) is 62.4 Å². The van der Waals surface area contributed by atoms with Gasteiger partial charge in [-0.05, 0) is 38.1 Å². The summed E-state index contributed by atoms with van der Waals surface area (Å²) in [6.07, 6.45) is 1.62. The number of furan rings is 1. The first-order chi connectivity index (χ1) is 13.2. The summed E-state index contributed by atoms with van der Waals surface area (Å²) in [5, 5.41) is 10.4. The third-order valence-electron chi connectivity index (χ3n) is 3.91. The Balaban J connectivity index is 1.46. The number of hydrogen-bond donors (Lipinski definition) is 2. The SMILES string of the molecule is Cc1ccc(OCc2nc(C)cc(Nc3cc(-c4ccco4)[nH]n3)n2)cc1. The molecule has 0 amide bonds. The van der Waals surface area contributed by atoms with Gasteiger partial charge < -0.3 is 14.5 Å². The average Bonchev–Trinajstić information content (AvgIpc) is 3.32. The number of hydrogen-bond acceptors (Lipinski definition) is 6. The fourth-order valence-corrected chi connectivity index (χ4v) is 2.62. The van der Waals surface area contributed by atoms with E-state index in [-0.39, 0.29) is 6.61 Å². The van der Waals surface area contributed by atoms with Crippen LogP contribution in [-0.2, 0) is 6.61 Å². The Morgan fingerprint density at radius 2 is 1.89 bits per heavy atom. The van der Waals surface area contributed by atoms with Crippen LogP contribution in [0.1, 0.15) is 17.1 Å². The van der Waals surface area contributed by atoms with Crippen LogP contribution in [0.25, 0.3) is 11.5 Å². The lowest BCUT2D eigenvalue weighted by Gasteiger charge is -2.08. The van der Waals surface area contributed by atoms with Crippen molar-refractivity contribution in [2.45, 2.75) is 20.5 Å². The third-order valence-corrected chi connectivity index (χ3v) is 3.91. The van der Waals surface area contributed by atoms with Crippen LogP contribution in [0.4, 0.5) is 11.6 Å². The molecule has 4 rings (SSSR count). The molecule has 0 bridgehead atoms. The fourth-order valence-electron chi connectivity index (χ4n) is 2.62. The maximum absolute atomic E-state index is 5.77. The van der Waals surface area contributed by atoms with Crippen molar-refractivity contribution in [2.24, 2.45) is 0 Å². The van der Waals surface area contributed by atoms with E-state index in [4.69, 9.17) is 9.15 Å². The summed E-state index contributed by atoms with van der Waals surface area (Å²) in [5.74, 6) is 3.41. The first kappa shape index (κ1) is 16.8. The van der Waals surface area contributed by atoms with Crippen molar-refractivity contribution in [2.75, 3.05) is 5.32 Å². The van der Waals surface area contributed by atoms with Gasteiger partial charge in [-0.15, -0.1) is 0 Å². The van der Waals surface area contributed by atoms with Crippen molar-refractivity contribution >= 4 is 11.6 Å². The van der Waals surface area contributed by atoms with E-state index in [0.717, 1.165) is 22.9 Å². The van der Waals surface area contributed by atoms with Crippen molar-refractivity contribution < 1.29 is 9.15 Å². The predicted octanol–water partition coefficient (Wildman–Crippen LogP) is 4.40. The summed E-state index contributed by atoms with van der Waals surface area (Å²) in [6.45, 7) is 4.25. The number of rotatable bonds is 6. The number of aryl methyl sites for hydroxylation is 2. The van der Waals surface area contributed by atoms with Crippen LogP contribution in [-0.4, -0.2) is 20.2 Å². The molecule has 4 aromatic rings.